The molecule has 5 nitrogen and oxygen atoms in total. The van der Waals surface area contributed by atoms with Crippen molar-refractivity contribution in [2.75, 3.05) is 10.8 Å². The molecular formula is C17H17ClFNO4S. The van der Waals surface area contributed by atoms with Crippen LogP contribution in [0.5, 0.6) is 0 Å². The van der Waals surface area contributed by atoms with Crippen LogP contribution in [0.25, 0.3) is 0 Å². The Hall–Kier alpha value is -2.12. The molecule has 25 heavy (non-hydrogen) atoms. The lowest BCUT2D eigenvalue weighted by atomic mass is 10.1. The van der Waals surface area contributed by atoms with E-state index in [0.717, 1.165) is 10.4 Å². The Morgan fingerprint density at radius 2 is 1.88 bits per heavy atom. The van der Waals surface area contributed by atoms with Gasteiger partial charge in [-0.15, -0.1) is 0 Å². The first-order valence-electron chi connectivity index (χ1n) is 7.52. The van der Waals surface area contributed by atoms with Crippen LogP contribution >= 0.6 is 11.6 Å². The number of halogens is 2. The molecule has 134 valence electrons. The lowest BCUT2D eigenvalue weighted by Gasteiger charge is -2.27. The number of benzene rings is 2. The molecule has 0 amide bonds. The SMILES string of the molecule is CCC(CN(c1cccc(F)c1)S(=O)(=O)c1ccc(Cl)cc1)C(=O)O. The van der Waals surface area contributed by atoms with Crippen molar-refractivity contribution in [1.82, 2.24) is 0 Å². The summed E-state index contributed by atoms with van der Waals surface area (Å²) in [4.78, 5) is 11.3. The summed E-state index contributed by atoms with van der Waals surface area (Å²) in [6.07, 6.45) is 0.233. The van der Waals surface area contributed by atoms with Crippen LogP contribution in [0.3, 0.4) is 0 Å². The molecule has 2 rings (SSSR count). The average Bonchev–Trinajstić information content (AvgIpc) is 2.55. The Morgan fingerprint density at radius 3 is 2.40 bits per heavy atom. The lowest BCUT2D eigenvalue weighted by molar-refractivity contribution is -0.141. The Kier molecular flexibility index (Phi) is 6.02. The van der Waals surface area contributed by atoms with Gasteiger partial charge in [-0.3, -0.25) is 9.10 Å². The van der Waals surface area contributed by atoms with Crippen LogP contribution in [0.1, 0.15) is 13.3 Å². The third-order valence-corrected chi connectivity index (χ3v) is 5.79. The van der Waals surface area contributed by atoms with Gasteiger partial charge in [0.25, 0.3) is 10.0 Å². The van der Waals surface area contributed by atoms with E-state index in [1.165, 1.54) is 42.5 Å². The molecule has 8 heteroatoms. The molecule has 1 N–H and O–H groups in total. The standard InChI is InChI=1S/C17H17ClFNO4S/c1-2-12(17(21)22)11-20(15-5-3-4-14(19)10-15)25(23,24)16-8-6-13(18)7-9-16/h3-10,12H,2,11H2,1H3,(H,21,22). The van der Waals surface area contributed by atoms with Gasteiger partial charge in [0, 0.05) is 11.6 Å². The molecule has 0 aliphatic rings. The lowest BCUT2D eigenvalue weighted by Crippen LogP contribution is -2.37. The third kappa shape index (κ3) is 4.49. The number of nitrogens with zero attached hydrogens (tertiary/aromatic N) is 1. The van der Waals surface area contributed by atoms with E-state index >= 15 is 0 Å². The summed E-state index contributed by atoms with van der Waals surface area (Å²) in [6, 6.07) is 10.5. The number of carbonyl (C=O) groups is 1. The number of aliphatic carboxylic acids is 1. The van der Waals surface area contributed by atoms with Gasteiger partial charge in [-0.25, -0.2) is 12.8 Å². The molecule has 0 aromatic heterocycles. The van der Waals surface area contributed by atoms with Crippen LogP contribution in [-0.4, -0.2) is 26.0 Å². The van der Waals surface area contributed by atoms with Crippen molar-refractivity contribution in [2.24, 2.45) is 5.92 Å². The van der Waals surface area contributed by atoms with Crippen LogP contribution in [0.2, 0.25) is 5.02 Å². The summed E-state index contributed by atoms with van der Waals surface area (Å²) in [5, 5.41) is 9.65. The summed E-state index contributed by atoms with van der Waals surface area (Å²) in [5.74, 6) is -2.65. The van der Waals surface area contributed by atoms with Gasteiger partial charge < -0.3 is 5.11 Å². The second-order valence-corrected chi connectivity index (χ2v) is 7.71. The molecule has 0 aliphatic heterocycles. The predicted octanol–water partition coefficient (Wildman–Crippen LogP) is 3.79. The highest BCUT2D eigenvalue weighted by atomic mass is 35.5. The molecule has 0 aliphatic carbocycles. The van der Waals surface area contributed by atoms with Crippen molar-refractivity contribution in [1.29, 1.82) is 0 Å². The fourth-order valence-electron chi connectivity index (χ4n) is 2.29. The van der Waals surface area contributed by atoms with Crippen molar-refractivity contribution in [3.63, 3.8) is 0 Å². The molecule has 0 spiro atoms. The molecule has 0 saturated carbocycles. The molecule has 0 radical (unpaired) electrons. The van der Waals surface area contributed by atoms with E-state index in [0.29, 0.717) is 5.02 Å². The molecule has 0 bridgehead atoms. The summed E-state index contributed by atoms with van der Waals surface area (Å²) >= 11 is 5.79. The summed E-state index contributed by atoms with van der Waals surface area (Å²) in [6.45, 7) is 1.34. The number of carboxylic acids is 1. The Bertz CT molecular complexity index is 855. The molecule has 0 heterocycles. The van der Waals surface area contributed by atoms with Gasteiger partial charge in [0.05, 0.1) is 16.5 Å². The number of carboxylic acid groups (broad SMARTS) is 1. The summed E-state index contributed by atoms with van der Waals surface area (Å²) in [5.41, 5.74) is 0.0645. The maximum absolute atomic E-state index is 13.6. The maximum Gasteiger partial charge on any atom is 0.308 e. The van der Waals surface area contributed by atoms with Crippen molar-refractivity contribution in [3.05, 3.63) is 59.4 Å². The fourth-order valence-corrected chi connectivity index (χ4v) is 3.92. The molecule has 2 aromatic rings. The van der Waals surface area contributed by atoms with Crippen molar-refractivity contribution >= 4 is 33.3 Å². The summed E-state index contributed by atoms with van der Waals surface area (Å²) in [7, 11) is -4.08. The minimum atomic E-state index is -4.08. The number of sulfonamides is 1. The van der Waals surface area contributed by atoms with Crippen LogP contribution in [-0.2, 0) is 14.8 Å². The van der Waals surface area contributed by atoms with E-state index in [1.807, 2.05) is 0 Å². The maximum atomic E-state index is 13.6. The number of anilines is 1. The molecule has 0 fully saturated rings. The van der Waals surface area contributed by atoms with Gasteiger partial charge in [-0.2, -0.15) is 0 Å². The highest BCUT2D eigenvalue weighted by Crippen LogP contribution is 2.27. The predicted molar refractivity (Wildman–Crippen MR) is 93.8 cm³/mol. The number of hydrogen-bond donors (Lipinski definition) is 1. The third-order valence-electron chi connectivity index (χ3n) is 3.73. The second kappa shape index (κ2) is 7.84. The molecular weight excluding hydrogens is 369 g/mol. The smallest absolute Gasteiger partial charge is 0.308 e. The highest BCUT2D eigenvalue weighted by molar-refractivity contribution is 7.92. The fraction of sp³-hybridized carbons (Fsp3) is 0.235. The molecule has 1 atom stereocenters. The first-order valence-corrected chi connectivity index (χ1v) is 9.34. The highest BCUT2D eigenvalue weighted by Gasteiger charge is 2.30. The monoisotopic (exact) mass is 385 g/mol. The van der Waals surface area contributed by atoms with E-state index in [4.69, 9.17) is 11.6 Å². The van der Waals surface area contributed by atoms with E-state index < -0.39 is 27.7 Å². The second-order valence-electron chi connectivity index (χ2n) is 5.41. The van der Waals surface area contributed by atoms with Crippen LogP contribution in [0.4, 0.5) is 10.1 Å². The molecule has 2 aromatic carbocycles. The van der Waals surface area contributed by atoms with Crippen LogP contribution in [0.15, 0.2) is 53.4 Å². The van der Waals surface area contributed by atoms with E-state index in [-0.39, 0.29) is 23.5 Å². The van der Waals surface area contributed by atoms with E-state index in [2.05, 4.69) is 0 Å². The van der Waals surface area contributed by atoms with Gasteiger partial charge in [0.2, 0.25) is 0 Å². The Labute approximate surface area is 150 Å². The minimum Gasteiger partial charge on any atom is -0.481 e. The molecule has 0 saturated heterocycles. The van der Waals surface area contributed by atoms with Crippen molar-refractivity contribution in [3.8, 4) is 0 Å². The van der Waals surface area contributed by atoms with Gasteiger partial charge in [0.15, 0.2) is 0 Å². The number of hydrogen-bond acceptors (Lipinski definition) is 3. The first kappa shape index (κ1) is 19.2. The normalized spacial score (nSPS) is 12.6. The minimum absolute atomic E-state index is 0.0543. The van der Waals surface area contributed by atoms with E-state index in [9.17, 15) is 22.7 Å². The quantitative estimate of drug-likeness (QED) is 0.786. The zero-order chi connectivity index (χ0) is 18.6. The zero-order valence-corrected chi connectivity index (χ0v) is 15.0. The van der Waals surface area contributed by atoms with Crippen LogP contribution < -0.4 is 4.31 Å². The van der Waals surface area contributed by atoms with Gasteiger partial charge in [0.1, 0.15) is 5.82 Å². The topological polar surface area (TPSA) is 74.7 Å². The van der Waals surface area contributed by atoms with Crippen LogP contribution in [0, 0.1) is 11.7 Å². The Morgan fingerprint density at radius 1 is 1.24 bits per heavy atom. The van der Waals surface area contributed by atoms with Gasteiger partial charge in [-0.1, -0.05) is 24.6 Å². The van der Waals surface area contributed by atoms with Crippen molar-refractivity contribution in [2.45, 2.75) is 18.2 Å². The van der Waals surface area contributed by atoms with Gasteiger partial charge in [-0.05, 0) is 48.9 Å². The average molecular weight is 386 g/mol. The number of rotatable bonds is 7. The van der Waals surface area contributed by atoms with Crippen molar-refractivity contribution < 1.29 is 22.7 Å². The van der Waals surface area contributed by atoms with E-state index in [1.54, 1.807) is 6.92 Å². The van der Waals surface area contributed by atoms with Gasteiger partial charge >= 0.3 is 5.97 Å². The first-order chi connectivity index (χ1) is 11.8. The largest absolute Gasteiger partial charge is 0.481 e. The molecule has 1 unspecified atom stereocenters. The zero-order valence-electron chi connectivity index (χ0n) is 13.4. The summed E-state index contributed by atoms with van der Waals surface area (Å²) < 4.78 is 40.5. The Balaban J connectivity index is 2.53.